The van der Waals surface area contributed by atoms with Crippen molar-refractivity contribution in [1.82, 2.24) is 14.8 Å². The zero-order valence-corrected chi connectivity index (χ0v) is 12.3. The summed E-state index contributed by atoms with van der Waals surface area (Å²) in [6, 6.07) is 5.30. The molecule has 106 valence electrons. The zero-order valence-electron chi connectivity index (χ0n) is 10.8. The van der Waals surface area contributed by atoms with Crippen molar-refractivity contribution in [3.8, 4) is 0 Å². The lowest BCUT2D eigenvalue weighted by atomic mass is 10.3. The fraction of sp³-hybridized carbons (Fsp3) is 0.385. The van der Waals surface area contributed by atoms with Crippen molar-refractivity contribution in [3.63, 3.8) is 0 Å². The van der Waals surface area contributed by atoms with Crippen LogP contribution in [0.1, 0.15) is 0 Å². The lowest BCUT2D eigenvalue weighted by Gasteiger charge is -2.27. The monoisotopic (exact) mass is 311 g/mol. The van der Waals surface area contributed by atoms with Gasteiger partial charge in [0, 0.05) is 31.2 Å². The topological polar surface area (TPSA) is 54.3 Å². The first-order valence-electron chi connectivity index (χ1n) is 6.42. The van der Waals surface area contributed by atoms with Crippen LogP contribution in [0.15, 0.2) is 23.0 Å². The second-order valence-electron chi connectivity index (χ2n) is 4.70. The van der Waals surface area contributed by atoms with E-state index in [1.54, 1.807) is 17.0 Å². The van der Waals surface area contributed by atoms with Crippen LogP contribution in [-0.4, -0.2) is 41.6 Å². The van der Waals surface area contributed by atoms with Crippen LogP contribution >= 0.6 is 22.9 Å². The highest BCUT2D eigenvalue weighted by atomic mass is 35.5. The quantitative estimate of drug-likeness (QED) is 0.905. The smallest absolute Gasteiger partial charge is 0.308 e. The van der Waals surface area contributed by atoms with Crippen LogP contribution < -0.4 is 10.2 Å². The van der Waals surface area contributed by atoms with Gasteiger partial charge in [-0.1, -0.05) is 22.9 Å². The normalized spacial score (nSPS) is 15.8. The van der Waals surface area contributed by atoms with Gasteiger partial charge in [-0.05, 0) is 18.2 Å². The molecule has 1 aromatic carbocycles. The molecule has 1 aliphatic rings. The van der Waals surface area contributed by atoms with E-state index in [2.05, 4.69) is 5.32 Å². The largest absolute Gasteiger partial charge is 0.339 e. The molecular formula is C13H14ClN3O2S. The Labute approximate surface area is 124 Å². The predicted molar refractivity (Wildman–Crippen MR) is 80.5 cm³/mol. The van der Waals surface area contributed by atoms with Crippen LogP contribution in [0.2, 0.25) is 5.02 Å². The summed E-state index contributed by atoms with van der Waals surface area (Å²) >= 11 is 7.11. The molecule has 1 saturated heterocycles. The second-order valence-corrected chi connectivity index (χ2v) is 6.13. The van der Waals surface area contributed by atoms with Crippen molar-refractivity contribution in [3.05, 3.63) is 32.9 Å². The molecule has 1 aromatic heterocycles. The summed E-state index contributed by atoms with van der Waals surface area (Å²) in [6.07, 6.45) is 0. The molecule has 2 aromatic rings. The zero-order chi connectivity index (χ0) is 14.1. The minimum Gasteiger partial charge on any atom is -0.339 e. The molecule has 0 radical (unpaired) electrons. The first-order valence-corrected chi connectivity index (χ1v) is 7.62. The third-order valence-electron chi connectivity index (χ3n) is 3.39. The van der Waals surface area contributed by atoms with Crippen molar-refractivity contribution in [2.24, 2.45) is 0 Å². The summed E-state index contributed by atoms with van der Waals surface area (Å²) in [7, 11) is 0. The minimum absolute atomic E-state index is 0.0201. The van der Waals surface area contributed by atoms with Crippen LogP contribution in [0.4, 0.5) is 0 Å². The molecule has 0 atom stereocenters. The Morgan fingerprint density at radius 3 is 2.85 bits per heavy atom. The molecule has 5 nitrogen and oxygen atoms in total. The number of fused-ring (bicyclic) bond motifs is 1. The number of rotatable bonds is 2. The van der Waals surface area contributed by atoms with Gasteiger partial charge in [-0.25, -0.2) is 0 Å². The van der Waals surface area contributed by atoms with Crippen molar-refractivity contribution < 1.29 is 4.79 Å². The van der Waals surface area contributed by atoms with Gasteiger partial charge in [0.15, 0.2) is 0 Å². The highest BCUT2D eigenvalue weighted by molar-refractivity contribution is 7.16. The molecule has 2 heterocycles. The number of hydrogen-bond acceptors (Lipinski definition) is 4. The summed E-state index contributed by atoms with van der Waals surface area (Å²) in [5.74, 6) is -0.0201. The van der Waals surface area contributed by atoms with E-state index in [-0.39, 0.29) is 17.3 Å². The Bertz CT molecular complexity index is 703. The lowest BCUT2D eigenvalue weighted by molar-refractivity contribution is -0.132. The van der Waals surface area contributed by atoms with E-state index in [0.717, 1.165) is 34.6 Å². The standard InChI is InChI=1S/C13H14ClN3O2S/c14-9-1-2-11-10(7-9)17(13(19)20-11)8-12(18)16-5-3-15-4-6-16/h1-2,7,15H,3-6,8H2. The van der Waals surface area contributed by atoms with Crippen molar-refractivity contribution in [1.29, 1.82) is 0 Å². The van der Waals surface area contributed by atoms with E-state index in [9.17, 15) is 9.59 Å². The molecule has 20 heavy (non-hydrogen) atoms. The van der Waals surface area contributed by atoms with Crippen LogP contribution in [0.5, 0.6) is 0 Å². The number of carbonyl (C=O) groups excluding carboxylic acids is 1. The highest BCUT2D eigenvalue weighted by Gasteiger charge is 2.18. The summed E-state index contributed by atoms with van der Waals surface area (Å²) in [4.78, 5) is 25.9. The van der Waals surface area contributed by atoms with E-state index in [1.807, 2.05) is 6.07 Å². The summed E-state index contributed by atoms with van der Waals surface area (Å²) in [6.45, 7) is 3.07. The number of nitrogens with zero attached hydrogens (tertiary/aromatic N) is 2. The maximum atomic E-state index is 12.3. The van der Waals surface area contributed by atoms with Crippen molar-refractivity contribution >= 4 is 39.1 Å². The van der Waals surface area contributed by atoms with Gasteiger partial charge in [0.2, 0.25) is 5.91 Å². The minimum atomic E-state index is -0.120. The number of halogens is 1. The van der Waals surface area contributed by atoms with Gasteiger partial charge in [-0.2, -0.15) is 0 Å². The summed E-state index contributed by atoms with van der Waals surface area (Å²) < 4.78 is 2.36. The Morgan fingerprint density at radius 1 is 1.35 bits per heavy atom. The lowest BCUT2D eigenvalue weighted by Crippen LogP contribution is -2.47. The number of nitrogens with one attached hydrogen (secondary N) is 1. The van der Waals surface area contributed by atoms with Crippen molar-refractivity contribution in [2.45, 2.75) is 6.54 Å². The first-order chi connectivity index (χ1) is 9.65. The second kappa shape index (κ2) is 5.55. The van der Waals surface area contributed by atoms with Gasteiger partial charge >= 0.3 is 4.87 Å². The maximum absolute atomic E-state index is 12.3. The highest BCUT2D eigenvalue weighted by Crippen LogP contribution is 2.21. The molecule has 0 saturated carbocycles. The Morgan fingerprint density at radius 2 is 2.10 bits per heavy atom. The number of amides is 1. The van der Waals surface area contributed by atoms with Crippen LogP contribution in [0.3, 0.4) is 0 Å². The van der Waals surface area contributed by atoms with Gasteiger partial charge in [-0.3, -0.25) is 14.2 Å². The molecule has 0 unspecified atom stereocenters. The number of carbonyl (C=O) groups is 1. The summed E-state index contributed by atoms with van der Waals surface area (Å²) in [5.41, 5.74) is 0.732. The molecule has 0 bridgehead atoms. The Hall–Kier alpha value is -1.37. The third kappa shape index (κ3) is 2.59. The molecule has 3 rings (SSSR count). The van der Waals surface area contributed by atoms with Gasteiger partial charge in [0.25, 0.3) is 0 Å². The molecule has 0 aliphatic carbocycles. The van der Waals surface area contributed by atoms with Gasteiger partial charge in [0.05, 0.1) is 10.2 Å². The fourth-order valence-corrected chi connectivity index (χ4v) is 3.37. The third-order valence-corrected chi connectivity index (χ3v) is 4.59. The number of thiazole rings is 1. The van der Waals surface area contributed by atoms with E-state index >= 15 is 0 Å². The number of aromatic nitrogens is 1. The molecule has 1 aliphatic heterocycles. The number of hydrogen-bond donors (Lipinski definition) is 1. The van der Waals surface area contributed by atoms with E-state index in [0.29, 0.717) is 18.1 Å². The Kier molecular flexibility index (Phi) is 3.78. The Balaban J connectivity index is 1.90. The predicted octanol–water partition coefficient (Wildman–Crippen LogP) is 1.15. The average Bonchev–Trinajstić information content (AvgIpc) is 2.76. The number of piperazine rings is 1. The van der Waals surface area contributed by atoms with Crippen LogP contribution in [-0.2, 0) is 11.3 Å². The van der Waals surface area contributed by atoms with E-state index in [1.165, 1.54) is 4.57 Å². The average molecular weight is 312 g/mol. The first kappa shape index (κ1) is 13.6. The van der Waals surface area contributed by atoms with Gasteiger partial charge in [0.1, 0.15) is 6.54 Å². The van der Waals surface area contributed by atoms with Crippen LogP contribution in [0, 0.1) is 0 Å². The van der Waals surface area contributed by atoms with E-state index < -0.39 is 0 Å². The van der Waals surface area contributed by atoms with Gasteiger partial charge in [-0.15, -0.1) is 0 Å². The van der Waals surface area contributed by atoms with Crippen molar-refractivity contribution in [2.75, 3.05) is 26.2 Å². The SMILES string of the molecule is O=C(Cn1c(=O)sc2ccc(Cl)cc21)N1CCNCC1. The van der Waals surface area contributed by atoms with Crippen LogP contribution in [0.25, 0.3) is 10.2 Å². The molecule has 1 N–H and O–H groups in total. The van der Waals surface area contributed by atoms with Gasteiger partial charge < -0.3 is 10.2 Å². The molecular weight excluding hydrogens is 298 g/mol. The number of benzene rings is 1. The maximum Gasteiger partial charge on any atom is 0.308 e. The fourth-order valence-electron chi connectivity index (χ4n) is 2.33. The summed E-state index contributed by atoms with van der Waals surface area (Å²) in [5, 5.41) is 3.77. The van der Waals surface area contributed by atoms with E-state index in [4.69, 9.17) is 11.6 Å². The molecule has 1 fully saturated rings. The molecule has 0 spiro atoms. The molecule has 1 amide bonds. The molecule has 7 heteroatoms.